The minimum atomic E-state index is -0.0918. The van der Waals surface area contributed by atoms with Crippen molar-refractivity contribution in [2.75, 3.05) is 37.0 Å². The Hall–Kier alpha value is -2.53. The van der Waals surface area contributed by atoms with Gasteiger partial charge < -0.3 is 20.3 Å². The van der Waals surface area contributed by atoms with Crippen molar-refractivity contribution < 1.29 is 9.53 Å². The summed E-state index contributed by atoms with van der Waals surface area (Å²) in [6, 6.07) is 18.2. The summed E-state index contributed by atoms with van der Waals surface area (Å²) in [5, 5.41) is 6.34. The van der Waals surface area contributed by atoms with E-state index in [9.17, 15) is 4.79 Å². The number of hydrogen-bond donors (Lipinski definition) is 2. The van der Waals surface area contributed by atoms with Crippen molar-refractivity contribution in [3.8, 4) is 0 Å². The Labute approximate surface area is 155 Å². The topological polar surface area (TPSA) is 53.6 Å². The second kappa shape index (κ2) is 9.25. The summed E-state index contributed by atoms with van der Waals surface area (Å²) in [7, 11) is 1.91. The molecule has 1 saturated heterocycles. The first kappa shape index (κ1) is 18.3. The molecule has 1 unspecified atom stereocenters. The fraction of sp³-hybridized carbons (Fsp3) is 0.381. The van der Waals surface area contributed by atoms with Gasteiger partial charge in [0.25, 0.3) is 0 Å². The van der Waals surface area contributed by atoms with Gasteiger partial charge in [-0.3, -0.25) is 4.79 Å². The Bertz CT molecular complexity index is 688. The van der Waals surface area contributed by atoms with Crippen LogP contribution in [0, 0.1) is 5.92 Å². The Morgan fingerprint density at radius 3 is 2.65 bits per heavy atom. The van der Waals surface area contributed by atoms with E-state index >= 15 is 0 Å². The molecule has 5 heteroatoms. The lowest BCUT2D eigenvalue weighted by Gasteiger charge is -2.33. The molecule has 1 heterocycles. The second-order valence-electron chi connectivity index (χ2n) is 6.63. The SMILES string of the molecule is CNCNc1ccc(N2CCCC(C(=O)OCc3ccccc3)C2)cc1. The Morgan fingerprint density at radius 2 is 1.92 bits per heavy atom. The van der Waals surface area contributed by atoms with Crippen molar-refractivity contribution in [3.05, 3.63) is 60.2 Å². The Balaban J connectivity index is 1.54. The number of nitrogens with one attached hydrogen (secondary N) is 2. The molecule has 1 atom stereocenters. The van der Waals surface area contributed by atoms with Crippen LogP contribution in [0.25, 0.3) is 0 Å². The summed E-state index contributed by atoms with van der Waals surface area (Å²) in [5.41, 5.74) is 3.26. The van der Waals surface area contributed by atoms with Gasteiger partial charge in [0.05, 0.1) is 12.6 Å². The van der Waals surface area contributed by atoms with Crippen LogP contribution in [0.15, 0.2) is 54.6 Å². The molecule has 2 aromatic rings. The molecule has 5 nitrogen and oxygen atoms in total. The van der Waals surface area contributed by atoms with Crippen LogP contribution >= 0.6 is 0 Å². The number of nitrogens with zero attached hydrogens (tertiary/aromatic N) is 1. The van der Waals surface area contributed by atoms with Gasteiger partial charge in [-0.2, -0.15) is 0 Å². The quantitative estimate of drug-likeness (QED) is 0.591. The Kier molecular flexibility index (Phi) is 6.50. The molecule has 0 saturated carbocycles. The summed E-state index contributed by atoms with van der Waals surface area (Å²) in [4.78, 5) is 14.7. The van der Waals surface area contributed by atoms with E-state index in [1.165, 1.54) is 0 Å². The maximum atomic E-state index is 12.5. The lowest BCUT2D eigenvalue weighted by atomic mass is 9.97. The maximum Gasteiger partial charge on any atom is 0.311 e. The number of carbonyl (C=O) groups is 1. The molecule has 138 valence electrons. The maximum absolute atomic E-state index is 12.5. The van der Waals surface area contributed by atoms with Crippen LogP contribution in [0.4, 0.5) is 11.4 Å². The van der Waals surface area contributed by atoms with E-state index in [1.807, 2.05) is 37.4 Å². The number of anilines is 2. The number of benzene rings is 2. The zero-order valence-electron chi connectivity index (χ0n) is 15.3. The third-order valence-electron chi connectivity index (χ3n) is 4.68. The molecular formula is C21H27N3O2. The van der Waals surface area contributed by atoms with Crippen LogP contribution in [0.1, 0.15) is 18.4 Å². The summed E-state index contributed by atoms with van der Waals surface area (Å²) in [6.45, 7) is 2.78. The monoisotopic (exact) mass is 353 g/mol. The van der Waals surface area contributed by atoms with Crippen molar-refractivity contribution in [2.24, 2.45) is 5.92 Å². The lowest BCUT2D eigenvalue weighted by molar-refractivity contribution is -0.150. The molecule has 2 N–H and O–H groups in total. The standard InChI is InChI=1S/C21H27N3O2/c1-22-16-23-19-9-11-20(12-10-19)24-13-5-8-18(14-24)21(25)26-15-17-6-3-2-4-7-17/h2-4,6-7,9-12,18,22-23H,5,8,13-16H2,1H3. The smallest absolute Gasteiger partial charge is 0.311 e. The largest absolute Gasteiger partial charge is 0.461 e. The highest BCUT2D eigenvalue weighted by Crippen LogP contribution is 2.25. The van der Waals surface area contributed by atoms with Crippen LogP contribution in [0.3, 0.4) is 0 Å². The third-order valence-corrected chi connectivity index (χ3v) is 4.68. The molecule has 0 aromatic heterocycles. The summed E-state index contributed by atoms with van der Waals surface area (Å²) in [6.07, 6.45) is 1.90. The van der Waals surface area contributed by atoms with Gasteiger partial charge in [0.2, 0.25) is 0 Å². The molecule has 1 aliphatic heterocycles. The first-order valence-electron chi connectivity index (χ1n) is 9.20. The molecule has 0 radical (unpaired) electrons. The molecule has 1 aliphatic rings. The zero-order valence-corrected chi connectivity index (χ0v) is 15.3. The average molecular weight is 353 g/mol. The predicted octanol–water partition coefficient (Wildman–Crippen LogP) is 3.24. The average Bonchev–Trinajstić information content (AvgIpc) is 2.71. The van der Waals surface area contributed by atoms with E-state index < -0.39 is 0 Å². The zero-order chi connectivity index (χ0) is 18.2. The van der Waals surface area contributed by atoms with Gasteiger partial charge in [-0.25, -0.2) is 0 Å². The van der Waals surface area contributed by atoms with Crippen molar-refractivity contribution in [3.63, 3.8) is 0 Å². The lowest BCUT2D eigenvalue weighted by Crippen LogP contribution is -2.39. The minimum Gasteiger partial charge on any atom is -0.461 e. The van der Waals surface area contributed by atoms with Crippen LogP contribution in [-0.2, 0) is 16.1 Å². The molecule has 0 aliphatic carbocycles. The van der Waals surface area contributed by atoms with Crippen LogP contribution in [0.5, 0.6) is 0 Å². The van der Waals surface area contributed by atoms with Gasteiger partial charge in [0, 0.05) is 24.5 Å². The summed E-state index contributed by atoms with van der Waals surface area (Å²) >= 11 is 0. The number of piperidine rings is 1. The van der Waals surface area contributed by atoms with E-state index in [0.29, 0.717) is 6.61 Å². The van der Waals surface area contributed by atoms with E-state index in [1.54, 1.807) is 0 Å². The van der Waals surface area contributed by atoms with Crippen LogP contribution in [0.2, 0.25) is 0 Å². The van der Waals surface area contributed by atoms with E-state index in [0.717, 1.165) is 49.5 Å². The second-order valence-corrected chi connectivity index (χ2v) is 6.63. The van der Waals surface area contributed by atoms with Crippen LogP contribution < -0.4 is 15.5 Å². The highest BCUT2D eigenvalue weighted by molar-refractivity contribution is 5.73. The van der Waals surface area contributed by atoms with Crippen molar-refractivity contribution >= 4 is 17.3 Å². The fourth-order valence-electron chi connectivity index (χ4n) is 3.23. The number of ether oxygens (including phenoxy) is 1. The van der Waals surface area contributed by atoms with Gasteiger partial charge in [-0.05, 0) is 49.7 Å². The number of carbonyl (C=O) groups excluding carboxylic acids is 1. The Morgan fingerprint density at radius 1 is 1.15 bits per heavy atom. The number of esters is 1. The van der Waals surface area contributed by atoms with Crippen molar-refractivity contribution in [2.45, 2.75) is 19.4 Å². The molecule has 0 bridgehead atoms. The van der Waals surface area contributed by atoms with E-state index in [2.05, 4.69) is 39.8 Å². The molecule has 0 spiro atoms. The molecular weight excluding hydrogens is 326 g/mol. The molecule has 2 aromatic carbocycles. The minimum absolute atomic E-state index is 0.0606. The number of rotatable bonds is 7. The van der Waals surface area contributed by atoms with Gasteiger partial charge in [0.15, 0.2) is 0 Å². The highest BCUT2D eigenvalue weighted by atomic mass is 16.5. The summed E-state index contributed by atoms with van der Waals surface area (Å²) < 4.78 is 5.53. The van der Waals surface area contributed by atoms with Gasteiger partial charge >= 0.3 is 5.97 Å². The van der Waals surface area contributed by atoms with E-state index in [-0.39, 0.29) is 11.9 Å². The molecule has 0 amide bonds. The first-order valence-corrected chi connectivity index (χ1v) is 9.20. The van der Waals surface area contributed by atoms with Gasteiger partial charge in [-0.15, -0.1) is 0 Å². The first-order chi connectivity index (χ1) is 12.8. The third kappa shape index (κ3) is 4.99. The predicted molar refractivity (Wildman–Crippen MR) is 105 cm³/mol. The highest BCUT2D eigenvalue weighted by Gasteiger charge is 2.27. The van der Waals surface area contributed by atoms with E-state index in [4.69, 9.17) is 4.74 Å². The molecule has 26 heavy (non-hydrogen) atoms. The van der Waals surface area contributed by atoms with Crippen molar-refractivity contribution in [1.82, 2.24) is 5.32 Å². The van der Waals surface area contributed by atoms with Gasteiger partial charge in [0.1, 0.15) is 6.61 Å². The summed E-state index contributed by atoms with van der Waals surface area (Å²) in [5.74, 6) is -0.152. The van der Waals surface area contributed by atoms with Crippen molar-refractivity contribution in [1.29, 1.82) is 0 Å². The van der Waals surface area contributed by atoms with Crippen LogP contribution in [-0.4, -0.2) is 32.8 Å². The normalized spacial score (nSPS) is 17.0. The molecule has 3 rings (SSSR count). The van der Waals surface area contributed by atoms with Gasteiger partial charge in [-0.1, -0.05) is 30.3 Å². The molecule has 1 fully saturated rings. The number of hydrogen-bond acceptors (Lipinski definition) is 5. The fourth-order valence-corrected chi connectivity index (χ4v) is 3.23.